The zero-order valence-electron chi connectivity index (χ0n) is 6.61. The van der Waals surface area contributed by atoms with Gasteiger partial charge in [0.25, 0.3) is 5.95 Å². The van der Waals surface area contributed by atoms with E-state index in [0.717, 1.165) is 5.01 Å². The van der Waals surface area contributed by atoms with Crippen molar-refractivity contribution in [2.24, 2.45) is 0 Å². The number of rotatable bonds is 1. The van der Waals surface area contributed by atoms with Gasteiger partial charge in [-0.05, 0) is 18.5 Å². The van der Waals surface area contributed by atoms with Crippen molar-refractivity contribution in [3.63, 3.8) is 0 Å². The topological polar surface area (TPSA) is 18.5 Å². The lowest BCUT2D eigenvalue weighted by Crippen LogP contribution is -2.36. The maximum Gasteiger partial charge on any atom is 0.257 e. The van der Waals surface area contributed by atoms with Crippen molar-refractivity contribution in [2.45, 2.75) is 6.92 Å². The fourth-order valence-electron chi connectivity index (χ4n) is 0.887. The molecule has 0 amide bonds. The molecule has 0 unspecified atom stereocenters. The number of nitrogens with one attached hydrogen (secondary N) is 1. The summed E-state index contributed by atoms with van der Waals surface area (Å²) in [4.78, 5) is 0. The van der Waals surface area contributed by atoms with Gasteiger partial charge < -0.3 is 0 Å². The quantitative estimate of drug-likeness (QED) is 0.644. The maximum atomic E-state index is 12.8. The number of nitrogens with zero attached hydrogens (tertiary/aromatic N) is 2. The first-order valence-electron chi connectivity index (χ1n) is 3.21. The van der Waals surface area contributed by atoms with E-state index >= 15 is 0 Å². The Labute approximate surface area is 73.8 Å². The average Bonchev–Trinajstić information content (AvgIpc) is 2.28. The van der Waals surface area contributed by atoms with Gasteiger partial charge in [-0.3, -0.25) is 5.01 Å². The van der Waals surface area contributed by atoms with Crippen LogP contribution in [-0.2, 0) is 0 Å². The molecule has 68 valence electrons. The molecule has 0 atom stereocenters. The summed E-state index contributed by atoms with van der Waals surface area (Å²) < 4.78 is 25.0. The molecule has 1 rings (SSSR count). The van der Waals surface area contributed by atoms with Crippen molar-refractivity contribution in [2.75, 3.05) is 7.05 Å². The van der Waals surface area contributed by atoms with Gasteiger partial charge in [0, 0.05) is 13.2 Å². The Kier molecular flexibility index (Phi) is 2.54. The van der Waals surface area contributed by atoms with E-state index in [1.165, 1.54) is 5.01 Å². The molecule has 0 saturated carbocycles. The molecule has 12 heavy (non-hydrogen) atoms. The lowest BCUT2D eigenvalue weighted by atomic mass is 10.5. The van der Waals surface area contributed by atoms with E-state index < -0.39 is 11.2 Å². The number of hydrazine groups is 2. The second-order valence-electron chi connectivity index (χ2n) is 2.37. The minimum Gasteiger partial charge on any atom is -0.299 e. The highest BCUT2D eigenvalue weighted by atomic mass is 35.5. The zero-order chi connectivity index (χ0) is 9.30. The van der Waals surface area contributed by atoms with Crippen molar-refractivity contribution in [1.82, 2.24) is 15.6 Å². The Balaban J connectivity index is 2.81. The highest BCUT2D eigenvalue weighted by Gasteiger charge is 2.21. The van der Waals surface area contributed by atoms with Gasteiger partial charge in [-0.15, -0.1) is 5.53 Å². The third kappa shape index (κ3) is 1.67. The SMILES string of the molecule is CC1=CN(C)NN1/C(F)=C(/F)Cl. The Morgan fingerprint density at radius 1 is 1.58 bits per heavy atom. The third-order valence-corrected chi connectivity index (χ3v) is 1.50. The molecule has 3 nitrogen and oxygen atoms in total. The molecule has 0 bridgehead atoms. The van der Waals surface area contributed by atoms with Crippen LogP contribution in [0.4, 0.5) is 8.78 Å². The average molecular weight is 196 g/mol. The first kappa shape index (κ1) is 9.28. The molecule has 0 fully saturated rings. The minimum atomic E-state index is -1.37. The van der Waals surface area contributed by atoms with E-state index in [-0.39, 0.29) is 0 Å². The molecule has 0 saturated heterocycles. The van der Waals surface area contributed by atoms with Crippen LogP contribution in [0.25, 0.3) is 0 Å². The number of hydrogen-bond acceptors (Lipinski definition) is 3. The first-order valence-corrected chi connectivity index (χ1v) is 3.58. The maximum absolute atomic E-state index is 12.8. The van der Waals surface area contributed by atoms with E-state index in [9.17, 15) is 8.78 Å². The summed E-state index contributed by atoms with van der Waals surface area (Å²) in [6.45, 7) is 1.62. The molecular weight excluding hydrogens is 188 g/mol. The predicted molar refractivity (Wildman–Crippen MR) is 41.6 cm³/mol. The van der Waals surface area contributed by atoms with Crippen LogP contribution in [0.1, 0.15) is 6.92 Å². The first-order chi connectivity index (χ1) is 5.52. The van der Waals surface area contributed by atoms with Crippen LogP contribution in [0.15, 0.2) is 23.1 Å². The van der Waals surface area contributed by atoms with Crippen LogP contribution in [0.3, 0.4) is 0 Å². The van der Waals surface area contributed by atoms with Gasteiger partial charge in [-0.1, -0.05) is 0 Å². The largest absolute Gasteiger partial charge is 0.299 e. The number of hydrogen-bond donors (Lipinski definition) is 1. The van der Waals surface area contributed by atoms with Gasteiger partial charge in [0.05, 0.1) is 5.70 Å². The highest BCUT2D eigenvalue weighted by Crippen LogP contribution is 2.21. The zero-order valence-corrected chi connectivity index (χ0v) is 7.36. The Hall–Kier alpha value is -0.810. The Morgan fingerprint density at radius 2 is 2.17 bits per heavy atom. The second-order valence-corrected chi connectivity index (χ2v) is 2.70. The van der Waals surface area contributed by atoms with E-state index in [0.29, 0.717) is 5.70 Å². The molecule has 0 spiro atoms. The molecule has 1 aliphatic heterocycles. The smallest absolute Gasteiger partial charge is 0.257 e. The summed E-state index contributed by atoms with van der Waals surface area (Å²) in [5.41, 5.74) is 3.02. The van der Waals surface area contributed by atoms with Crippen LogP contribution in [0.2, 0.25) is 0 Å². The van der Waals surface area contributed by atoms with E-state index in [2.05, 4.69) is 5.53 Å². The van der Waals surface area contributed by atoms with Gasteiger partial charge in [0.1, 0.15) is 0 Å². The minimum absolute atomic E-state index is 0.519. The van der Waals surface area contributed by atoms with Gasteiger partial charge in [0.15, 0.2) is 0 Å². The number of allylic oxidation sites excluding steroid dienone is 1. The predicted octanol–water partition coefficient (Wildman–Crippen LogP) is 1.82. The van der Waals surface area contributed by atoms with E-state index in [1.807, 2.05) is 0 Å². The van der Waals surface area contributed by atoms with Gasteiger partial charge >= 0.3 is 0 Å². The normalized spacial score (nSPS) is 19.6. The van der Waals surface area contributed by atoms with Crippen LogP contribution >= 0.6 is 11.6 Å². The molecule has 6 heteroatoms. The standard InChI is InChI=1S/C6H8ClF2N3/c1-4-3-11(2)10-12(4)6(9)5(7)8/h3,10H,1-2H3/b6-5+. The summed E-state index contributed by atoms with van der Waals surface area (Å²) in [6.07, 6.45) is 1.60. The van der Waals surface area contributed by atoms with Gasteiger partial charge in [0.2, 0.25) is 5.29 Å². The molecular formula is C6H8ClF2N3. The lowest BCUT2D eigenvalue weighted by Gasteiger charge is -2.18. The van der Waals surface area contributed by atoms with Crippen molar-refractivity contribution in [3.8, 4) is 0 Å². The number of halogens is 3. The van der Waals surface area contributed by atoms with Crippen molar-refractivity contribution in [3.05, 3.63) is 23.1 Å². The fourth-order valence-corrected chi connectivity index (χ4v) is 0.971. The molecule has 0 aliphatic carbocycles. The van der Waals surface area contributed by atoms with Crippen LogP contribution in [0.5, 0.6) is 0 Å². The second kappa shape index (κ2) is 3.28. The van der Waals surface area contributed by atoms with Crippen molar-refractivity contribution >= 4 is 11.6 Å². The van der Waals surface area contributed by atoms with Crippen LogP contribution in [0, 0.1) is 0 Å². The van der Waals surface area contributed by atoms with Gasteiger partial charge in [-0.25, -0.2) is 5.01 Å². The molecule has 0 aromatic rings. The Bertz CT molecular complexity index is 247. The summed E-state index contributed by atoms with van der Waals surface area (Å²) in [5.74, 6) is -1.14. The highest BCUT2D eigenvalue weighted by molar-refractivity contribution is 6.28. The molecule has 0 aromatic carbocycles. The molecule has 1 heterocycles. The van der Waals surface area contributed by atoms with Crippen molar-refractivity contribution in [1.29, 1.82) is 0 Å². The van der Waals surface area contributed by atoms with Gasteiger partial charge in [-0.2, -0.15) is 8.78 Å². The third-order valence-electron chi connectivity index (χ3n) is 1.34. The summed E-state index contributed by atoms with van der Waals surface area (Å²) in [6, 6.07) is 0. The molecule has 1 aliphatic rings. The lowest BCUT2D eigenvalue weighted by molar-refractivity contribution is 0.152. The molecule has 1 N–H and O–H groups in total. The Morgan fingerprint density at radius 3 is 2.50 bits per heavy atom. The fraction of sp³-hybridized carbons (Fsp3) is 0.333. The summed E-state index contributed by atoms with van der Waals surface area (Å²) >= 11 is 4.83. The van der Waals surface area contributed by atoms with E-state index in [4.69, 9.17) is 11.6 Å². The van der Waals surface area contributed by atoms with Crippen LogP contribution in [-0.4, -0.2) is 17.1 Å². The molecule has 0 aromatic heterocycles. The monoisotopic (exact) mass is 195 g/mol. The molecule has 0 radical (unpaired) electrons. The van der Waals surface area contributed by atoms with Crippen LogP contribution < -0.4 is 5.53 Å². The summed E-state index contributed by atoms with van der Waals surface area (Å²) in [7, 11) is 1.66. The summed E-state index contributed by atoms with van der Waals surface area (Å²) in [5, 5.41) is 1.02. The van der Waals surface area contributed by atoms with E-state index in [1.54, 1.807) is 20.2 Å². The van der Waals surface area contributed by atoms with Crippen molar-refractivity contribution < 1.29 is 8.78 Å².